The molecular formula is C17H19ClN2O4S. The van der Waals surface area contributed by atoms with Gasteiger partial charge in [0.2, 0.25) is 15.9 Å². The average Bonchev–Trinajstić information content (AvgIpc) is 2.54. The molecule has 2 aromatic rings. The molecule has 0 aliphatic heterocycles. The van der Waals surface area contributed by atoms with Gasteiger partial charge in [0.25, 0.3) is 0 Å². The van der Waals surface area contributed by atoms with Crippen LogP contribution in [0.5, 0.6) is 5.75 Å². The fraction of sp³-hybridized carbons (Fsp3) is 0.235. The van der Waals surface area contributed by atoms with Gasteiger partial charge in [-0.2, -0.15) is 4.72 Å². The smallest absolute Gasteiger partial charge is 0.242 e. The summed E-state index contributed by atoms with van der Waals surface area (Å²) in [7, 11) is -2.33. The van der Waals surface area contributed by atoms with E-state index >= 15 is 0 Å². The molecule has 0 saturated carbocycles. The predicted octanol–water partition coefficient (Wildman–Crippen LogP) is 2.96. The maximum Gasteiger partial charge on any atom is 0.242 e. The predicted molar refractivity (Wildman–Crippen MR) is 97.6 cm³/mol. The first-order valence-corrected chi connectivity index (χ1v) is 9.32. The van der Waals surface area contributed by atoms with Gasteiger partial charge in [-0.05, 0) is 55.8 Å². The van der Waals surface area contributed by atoms with E-state index in [1.165, 1.54) is 26.2 Å². The zero-order chi connectivity index (χ0) is 18.6. The van der Waals surface area contributed by atoms with E-state index in [9.17, 15) is 13.2 Å². The summed E-state index contributed by atoms with van der Waals surface area (Å²) in [5.74, 6) is 0.0989. The standard InChI is InChI=1S/C17H19ClN2O4S/c1-11-9-15(7-8-16(11)24-3)25(22,23)20-12(2)17(21)19-14-6-4-5-13(18)10-14/h4-10,12,20H,1-3H3,(H,19,21)/t12-/m1/s1. The number of nitrogens with one attached hydrogen (secondary N) is 2. The lowest BCUT2D eigenvalue weighted by Gasteiger charge is -2.15. The topological polar surface area (TPSA) is 84.5 Å². The molecule has 0 saturated heterocycles. The van der Waals surface area contributed by atoms with E-state index in [1.54, 1.807) is 37.3 Å². The minimum Gasteiger partial charge on any atom is -0.496 e. The second-order valence-electron chi connectivity index (χ2n) is 5.47. The number of rotatable bonds is 6. The molecule has 0 fully saturated rings. The number of carbonyl (C=O) groups excluding carboxylic acids is 1. The second-order valence-corrected chi connectivity index (χ2v) is 7.62. The van der Waals surface area contributed by atoms with Crippen molar-refractivity contribution in [2.45, 2.75) is 24.8 Å². The zero-order valence-electron chi connectivity index (χ0n) is 14.0. The van der Waals surface area contributed by atoms with Crippen molar-refractivity contribution < 1.29 is 17.9 Å². The number of sulfonamides is 1. The number of carbonyl (C=O) groups is 1. The highest BCUT2D eigenvalue weighted by Crippen LogP contribution is 2.21. The molecule has 0 aliphatic rings. The van der Waals surface area contributed by atoms with Crippen LogP contribution in [0.1, 0.15) is 12.5 Å². The van der Waals surface area contributed by atoms with Gasteiger partial charge in [0.1, 0.15) is 5.75 Å². The average molecular weight is 383 g/mol. The van der Waals surface area contributed by atoms with E-state index in [4.69, 9.17) is 16.3 Å². The molecule has 0 bridgehead atoms. The molecule has 2 rings (SSSR count). The summed E-state index contributed by atoms with van der Waals surface area (Å²) in [6, 6.07) is 10.1. The van der Waals surface area contributed by atoms with Crippen LogP contribution in [0.4, 0.5) is 5.69 Å². The van der Waals surface area contributed by atoms with E-state index < -0.39 is 22.0 Å². The number of aryl methyl sites for hydroxylation is 1. The Balaban J connectivity index is 2.11. The highest BCUT2D eigenvalue weighted by atomic mass is 35.5. The van der Waals surface area contributed by atoms with Crippen molar-refractivity contribution in [3.8, 4) is 5.75 Å². The van der Waals surface area contributed by atoms with Crippen LogP contribution in [0.2, 0.25) is 5.02 Å². The van der Waals surface area contributed by atoms with E-state index in [2.05, 4.69) is 10.0 Å². The summed E-state index contributed by atoms with van der Waals surface area (Å²) >= 11 is 5.86. The van der Waals surface area contributed by atoms with Gasteiger partial charge in [0, 0.05) is 10.7 Å². The van der Waals surface area contributed by atoms with Crippen molar-refractivity contribution in [3.05, 3.63) is 53.1 Å². The van der Waals surface area contributed by atoms with Crippen molar-refractivity contribution in [1.29, 1.82) is 0 Å². The SMILES string of the molecule is COc1ccc(S(=O)(=O)N[C@H](C)C(=O)Nc2cccc(Cl)c2)cc1C. The van der Waals surface area contributed by atoms with Crippen LogP contribution in [0.25, 0.3) is 0 Å². The fourth-order valence-corrected chi connectivity index (χ4v) is 3.67. The molecule has 0 aromatic heterocycles. The summed E-state index contributed by atoms with van der Waals surface area (Å²) in [6.45, 7) is 3.21. The molecule has 1 atom stereocenters. The lowest BCUT2D eigenvalue weighted by Crippen LogP contribution is -2.41. The third-order valence-electron chi connectivity index (χ3n) is 3.49. The quantitative estimate of drug-likeness (QED) is 0.804. The molecule has 1 amide bonds. The maximum atomic E-state index is 12.5. The molecule has 134 valence electrons. The van der Waals surface area contributed by atoms with Gasteiger partial charge < -0.3 is 10.1 Å². The maximum absolute atomic E-state index is 12.5. The molecule has 6 nitrogen and oxygen atoms in total. The van der Waals surface area contributed by atoms with Gasteiger partial charge >= 0.3 is 0 Å². The van der Waals surface area contributed by atoms with Crippen molar-refractivity contribution >= 4 is 33.2 Å². The van der Waals surface area contributed by atoms with Crippen molar-refractivity contribution in [1.82, 2.24) is 4.72 Å². The lowest BCUT2D eigenvalue weighted by atomic mass is 10.2. The Morgan fingerprint density at radius 3 is 2.52 bits per heavy atom. The molecule has 2 N–H and O–H groups in total. The molecule has 0 radical (unpaired) electrons. The monoisotopic (exact) mass is 382 g/mol. The largest absolute Gasteiger partial charge is 0.496 e. The third-order valence-corrected chi connectivity index (χ3v) is 5.27. The summed E-state index contributed by atoms with van der Waals surface area (Å²) in [5, 5.41) is 3.09. The number of halogens is 1. The first-order chi connectivity index (χ1) is 11.7. The number of hydrogen-bond acceptors (Lipinski definition) is 4. The van der Waals surface area contributed by atoms with E-state index in [0.29, 0.717) is 22.0 Å². The summed E-state index contributed by atoms with van der Waals surface area (Å²) in [5.41, 5.74) is 1.17. The van der Waals surface area contributed by atoms with Gasteiger partial charge in [0.15, 0.2) is 0 Å². The van der Waals surface area contributed by atoms with Gasteiger partial charge in [-0.1, -0.05) is 17.7 Å². The number of methoxy groups -OCH3 is 1. The highest BCUT2D eigenvalue weighted by Gasteiger charge is 2.22. The second kappa shape index (κ2) is 7.86. The number of ether oxygens (including phenoxy) is 1. The van der Waals surface area contributed by atoms with Gasteiger partial charge in [-0.15, -0.1) is 0 Å². The van der Waals surface area contributed by atoms with Gasteiger partial charge in [-0.3, -0.25) is 4.79 Å². The molecule has 0 spiro atoms. The molecule has 0 heterocycles. The van der Waals surface area contributed by atoms with E-state index in [1.807, 2.05) is 0 Å². The Bertz CT molecular complexity index is 884. The Labute approximate surface area is 152 Å². The minimum absolute atomic E-state index is 0.0632. The summed E-state index contributed by atoms with van der Waals surface area (Å²) in [4.78, 5) is 12.3. The number of anilines is 1. The summed E-state index contributed by atoms with van der Waals surface area (Å²) in [6.07, 6.45) is 0. The van der Waals surface area contributed by atoms with E-state index in [0.717, 1.165) is 0 Å². The molecule has 2 aromatic carbocycles. The van der Waals surface area contributed by atoms with Crippen LogP contribution >= 0.6 is 11.6 Å². The zero-order valence-corrected chi connectivity index (χ0v) is 15.6. The first kappa shape index (κ1) is 19.2. The Morgan fingerprint density at radius 2 is 1.92 bits per heavy atom. The fourth-order valence-electron chi connectivity index (χ4n) is 2.19. The Hall–Kier alpha value is -2.09. The van der Waals surface area contributed by atoms with Crippen LogP contribution in [-0.4, -0.2) is 27.5 Å². The van der Waals surface area contributed by atoms with E-state index in [-0.39, 0.29) is 4.90 Å². The minimum atomic E-state index is -3.84. The first-order valence-electron chi connectivity index (χ1n) is 7.46. The van der Waals surface area contributed by atoms with Crippen LogP contribution in [0.3, 0.4) is 0 Å². The number of benzene rings is 2. The number of amides is 1. The van der Waals surface area contributed by atoms with Gasteiger partial charge in [-0.25, -0.2) is 8.42 Å². The molecular weight excluding hydrogens is 364 g/mol. The van der Waals surface area contributed by atoms with Crippen LogP contribution in [0, 0.1) is 6.92 Å². The molecule has 25 heavy (non-hydrogen) atoms. The Kier molecular flexibility index (Phi) is 6.05. The summed E-state index contributed by atoms with van der Waals surface area (Å²) < 4.78 is 32.4. The highest BCUT2D eigenvalue weighted by molar-refractivity contribution is 7.89. The van der Waals surface area contributed by atoms with Crippen molar-refractivity contribution in [3.63, 3.8) is 0 Å². The molecule has 0 unspecified atom stereocenters. The third kappa shape index (κ3) is 4.94. The molecule has 0 aliphatic carbocycles. The van der Waals surface area contributed by atoms with Crippen molar-refractivity contribution in [2.75, 3.05) is 12.4 Å². The lowest BCUT2D eigenvalue weighted by molar-refractivity contribution is -0.117. The van der Waals surface area contributed by atoms with Crippen LogP contribution < -0.4 is 14.8 Å². The molecule has 8 heteroatoms. The van der Waals surface area contributed by atoms with Crippen LogP contribution in [-0.2, 0) is 14.8 Å². The van der Waals surface area contributed by atoms with Gasteiger partial charge in [0.05, 0.1) is 18.0 Å². The van der Waals surface area contributed by atoms with Crippen LogP contribution in [0.15, 0.2) is 47.4 Å². The Morgan fingerprint density at radius 1 is 1.20 bits per heavy atom. The van der Waals surface area contributed by atoms with Crippen molar-refractivity contribution in [2.24, 2.45) is 0 Å². The number of hydrogen-bond donors (Lipinski definition) is 2. The normalized spacial score (nSPS) is 12.5.